The molecule has 104 valence electrons. The lowest BCUT2D eigenvalue weighted by atomic mass is 9.96. The normalized spacial score (nSPS) is 18.1. The molecule has 1 aromatic heterocycles. The molecule has 1 aliphatic rings. The molecule has 1 atom stereocenters. The van der Waals surface area contributed by atoms with E-state index in [1.807, 2.05) is 0 Å². The number of anilines is 1. The van der Waals surface area contributed by atoms with Crippen molar-refractivity contribution in [2.45, 2.75) is 25.9 Å². The average Bonchev–Trinajstić information content (AvgIpc) is 2.46. The number of carbonyl (C=O) groups is 1. The van der Waals surface area contributed by atoms with Crippen molar-refractivity contribution in [1.29, 1.82) is 0 Å². The highest BCUT2D eigenvalue weighted by atomic mass is 16.3. The molecule has 1 amide bonds. The molecule has 1 unspecified atom stereocenters. The zero-order valence-electron chi connectivity index (χ0n) is 11.1. The van der Waals surface area contributed by atoms with Crippen LogP contribution in [-0.4, -0.2) is 46.7 Å². The Balaban J connectivity index is 1.81. The van der Waals surface area contributed by atoms with E-state index in [2.05, 4.69) is 20.2 Å². The molecule has 19 heavy (non-hydrogen) atoms. The fourth-order valence-corrected chi connectivity index (χ4v) is 2.19. The van der Waals surface area contributed by atoms with Gasteiger partial charge in [-0.25, -0.2) is 9.97 Å². The van der Waals surface area contributed by atoms with E-state index in [9.17, 15) is 4.79 Å². The van der Waals surface area contributed by atoms with Crippen LogP contribution in [0.2, 0.25) is 0 Å². The number of aliphatic hydroxyl groups excluding tert-OH is 1. The fourth-order valence-electron chi connectivity index (χ4n) is 2.19. The molecule has 6 nitrogen and oxygen atoms in total. The summed E-state index contributed by atoms with van der Waals surface area (Å²) in [7, 11) is 0. The van der Waals surface area contributed by atoms with Gasteiger partial charge >= 0.3 is 0 Å². The van der Waals surface area contributed by atoms with E-state index >= 15 is 0 Å². The minimum Gasteiger partial charge on any atom is -0.392 e. The van der Waals surface area contributed by atoms with Gasteiger partial charge in [0.05, 0.1) is 6.10 Å². The first-order valence-corrected chi connectivity index (χ1v) is 6.64. The Labute approximate surface area is 112 Å². The van der Waals surface area contributed by atoms with Crippen LogP contribution >= 0.6 is 0 Å². The lowest BCUT2D eigenvalue weighted by Gasteiger charge is -2.31. The van der Waals surface area contributed by atoms with Crippen molar-refractivity contribution in [1.82, 2.24) is 15.3 Å². The third kappa shape index (κ3) is 3.89. The number of piperidine rings is 1. The zero-order valence-corrected chi connectivity index (χ0v) is 11.1. The van der Waals surface area contributed by atoms with Crippen molar-refractivity contribution < 1.29 is 9.90 Å². The van der Waals surface area contributed by atoms with Crippen LogP contribution in [-0.2, 0) is 4.79 Å². The standard InChI is InChI=1S/C13H20N4O2/c1-10(18)9-16-12(19)11-3-7-17(8-4-11)13-14-5-2-6-15-13/h2,5-6,10-11,18H,3-4,7-9H2,1H3,(H,16,19). The first-order valence-electron chi connectivity index (χ1n) is 6.64. The van der Waals surface area contributed by atoms with Crippen molar-refractivity contribution in [2.75, 3.05) is 24.5 Å². The average molecular weight is 264 g/mol. The fraction of sp³-hybridized carbons (Fsp3) is 0.615. The molecule has 0 bridgehead atoms. The molecule has 6 heteroatoms. The molecule has 2 heterocycles. The van der Waals surface area contributed by atoms with Gasteiger partial charge in [0.15, 0.2) is 0 Å². The van der Waals surface area contributed by atoms with Crippen molar-refractivity contribution in [2.24, 2.45) is 5.92 Å². The summed E-state index contributed by atoms with van der Waals surface area (Å²) in [4.78, 5) is 22.4. The lowest BCUT2D eigenvalue weighted by Crippen LogP contribution is -2.42. The quantitative estimate of drug-likeness (QED) is 0.811. The second-order valence-corrected chi connectivity index (χ2v) is 4.90. The summed E-state index contributed by atoms with van der Waals surface area (Å²) < 4.78 is 0. The molecule has 0 saturated carbocycles. The Morgan fingerprint density at radius 3 is 2.68 bits per heavy atom. The molecule has 0 radical (unpaired) electrons. The summed E-state index contributed by atoms with van der Waals surface area (Å²) >= 11 is 0. The maximum atomic E-state index is 11.9. The van der Waals surface area contributed by atoms with Gasteiger partial charge in [-0.3, -0.25) is 4.79 Å². The Kier molecular flexibility index (Phi) is 4.68. The van der Waals surface area contributed by atoms with E-state index in [4.69, 9.17) is 5.11 Å². The van der Waals surface area contributed by atoms with Crippen molar-refractivity contribution in [3.05, 3.63) is 18.5 Å². The van der Waals surface area contributed by atoms with Crippen LogP contribution in [0.3, 0.4) is 0 Å². The summed E-state index contributed by atoms with van der Waals surface area (Å²) in [6.07, 6.45) is 4.54. The first-order chi connectivity index (χ1) is 9.16. The Hall–Kier alpha value is -1.69. The molecular weight excluding hydrogens is 244 g/mol. The van der Waals surface area contributed by atoms with E-state index in [0.29, 0.717) is 6.54 Å². The lowest BCUT2D eigenvalue weighted by molar-refractivity contribution is -0.126. The summed E-state index contributed by atoms with van der Waals surface area (Å²) in [6.45, 7) is 3.56. The number of aliphatic hydroxyl groups is 1. The predicted molar refractivity (Wildman–Crippen MR) is 71.7 cm³/mol. The molecular formula is C13H20N4O2. The first kappa shape index (κ1) is 13.7. The van der Waals surface area contributed by atoms with Crippen LogP contribution in [0.4, 0.5) is 5.95 Å². The van der Waals surface area contributed by atoms with E-state index in [1.165, 1.54) is 0 Å². The van der Waals surface area contributed by atoms with Gasteiger partial charge in [-0.05, 0) is 25.8 Å². The molecule has 1 fully saturated rings. The van der Waals surface area contributed by atoms with Gasteiger partial charge in [0, 0.05) is 37.9 Å². The van der Waals surface area contributed by atoms with Gasteiger partial charge in [-0.1, -0.05) is 0 Å². The van der Waals surface area contributed by atoms with Crippen molar-refractivity contribution in [3.63, 3.8) is 0 Å². The number of amides is 1. The van der Waals surface area contributed by atoms with Crippen LogP contribution in [0.5, 0.6) is 0 Å². The molecule has 0 spiro atoms. The number of hydrogen-bond donors (Lipinski definition) is 2. The van der Waals surface area contributed by atoms with Gasteiger partial charge in [0.2, 0.25) is 11.9 Å². The molecule has 2 N–H and O–H groups in total. The second kappa shape index (κ2) is 6.47. The van der Waals surface area contributed by atoms with E-state index in [0.717, 1.165) is 31.9 Å². The maximum Gasteiger partial charge on any atom is 0.225 e. The van der Waals surface area contributed by atoms with Gasteiger partial charge in [0.1, 0.15) is 0 Å². The Morgan fingerprint density at radius 2 is 2.11 bits per heavy atom. The van der Waals surface area contributed by atoms with E-state index < -0.39 is 6.10 Å². The van der Waals surface area contributed by atoms with Crippen LogP contribution in [0.15, 0.2) is 18.5 Å². The van der Waals surface area contributed by atoms with Gasteiger partial charge < -0.3 is 15.3 Å². The van der Waals surface area contributed by atoms with Gasteiger partial charge in [-0.15, -0.1) is 0 Å². The third-order valence-corrected chi connectivity index (χ3v) is 3.27. The summed E-state index contributed by atoms with van der Waals surface area (Å²) in [5.41, 5.74) is 0. The highest BCUT2D eigenvalue weighted by molar-refractivity contribution is 5.78. The largest absolute Gasteiger partial charge is 0.392 e. The SMILES string of the molecule is CC(O)CNC(=O)C1CCN(c2ncccn2)CC1. The summed E-state index contributed by atoms with van der Waals surface area (Å²) in [5, 5.41) is 11.9. The third-order valence-electron chi connectivity index (χ3n) is 3.27. The van der Waals surface area contributed by atoms with Crippen LogP contribution in [0, 0.1) is 5.92 Å². The van der Waals surface area contributed by atoms with Crippen LogP contribution < -0.4 is 10.2 Å². The molecule has 1 aliphatic heterocycles. The number of carbonyl (C=O) groups excluding carboxylic acids is 1. The molecule has 1 saturated heterocycles. The smallest absolute Gasteiger partial charge is 0.225 e. The second-order valence-electron chi connectivity index (χ2n) is 4.90. The number of rotatable bonds is 4. The summed E-state index contributed by atoms with van der Waals surface area (Å²) in [6, 6.07) is 1.79. The van der Waals surface area contributed by atoms with Crippen LogP contribution in [0.25, 0.3) is 0 Å². The highest BCUT2D eigenvalue weighted by Gasteiger charge is 2.25. The number of nitrogens with one attached hydrogen (secondary N) is 1. The van der Waals surface area contributed by atoms with Crippen LogP contribution in [0.1, 0.15) is 19.8 Å². The molecule has 2 rings (SSSR count). The number of hydrogen-bond acceptors (Lipinski definition) is 5. The highest BCUT2D eigenvalue weighted by Crippen LogP contribution is 2.20. The topological polar surface area (TPSA) is 78.4 Å². The predicted octanol–water partition coefficient (Wildman–Crippen LogP) is 0.190. The summed E-state index contributed by atoms with van der Waals surface area (Å²) in [5.74, 6) is 0.790. The molecule has 0 aliphatic carbocycles. The zero-order chi connectivity index (χ0) is 13.7. The molecule has 1 aromatic rings. The Morgan fingerprint density at radius 1 is 1.47 bits per heavy atom. The minimum atomic E-state index is -0.498. The number of aromatic nitrogens is 2. The van der Waals surface area contributed by atoms with E-state index in [-0.39, 0.29) is 11.8 Å². The van der Waals surface area contributed by atoms with Gasteiger partial charge in [0.25, 0.3) is 0 Å². The maximum absolute atomic E-state index is 11.9. The van der Waals surface area contributed by atoms with Gasteiger partial charge in [-0.2, -0.15) is 0 Å². The number of nitrogens with zero attached hydrogens (tertiary/aromatic N) is 3. The molecule has 0 aromatic carbocycles. The van der Waals surface area contributed by atoms with E-state index in [1.54, 1.807) is 25.4 Å². The Bertz CT molecular complexity index is 402. The van der Waals surface area contributed by atoms with Crippen molar-refractivity contribution in [3.8, 4) is 0 Å². The van der Waals surface area contributed by atoms with Crippen molar-refractivity contribution >= 4 is 11.9 Å². The monoisotopic (exact) mass is 264 g/mol. The minimum absolute atomic E-state index is 0.0266.